The van der Waals surface area contributed by atoms with E-state index in [1.165, 1.54) is 0 Å². The molecule has 1 amide bonds. The van der Waals surface area contributed by atoms with E-state index < -0.39 is 11.7 Å². The number of amides is 1. The Morgan fingerprint density at radius 2 is 2.11 bits per heavy atom. The topological polar surface area (TPSA) is 59.0 Å². The highest BCUT2D eigenvalue weighted by Crippen LogP contribution is 2.30. The highest BCUT2D eigenvalue weighted by molar-refractivity contribution is 5.68. The average molecular weight is 273 g/mol. The molecule has 0 aliphatic carbocycles. The first-order chi connectivity index (χ1) is 8.67. The lowest BCUT2D eigenvalue weighted by molar-refractivity contribution is -0.0721. The van der Waals surface area contributed by atoms with Crippen molar-refractivity contribution in [1.29, 1.82) is 0 Å². The molecular formula is C14H27NO4. The van der Waals surface area contributed by atoms with Gasteiger partial charge in [0.1, 0.15) is 5.60 Å². The van der Waals surface area contributed by atoms with Crippen LogP contribution in [0.2, 0.25) is 0 Å². The maximum atomic E-state index is 12.0. The fourth-order valence-electron chi connectivity index (χ4n) is 2.13. The van der Waals surface area contributed by atoms with E-state index in [1.807, 2.05) is 27.7 Å². The predicted molar refractivity (Wildman–Crippen MR) is 73.1 cm³/mol. The second kappa shape index (κ2) is 6.09. The lowest BCUT2D eigenvalue weighted by Crippen LogP contribution is -2.41. The van der Waals surface area contributed by atoms with Crippen LogP contribution >= 0.6 is 0 Å². The highest BCUT2D eigenvalue weighted by Gasteiger charge is 2.41. The van der Waals surface area contributed by atoms with Crippen molar-refractivity contribution in [3.05, 3.63) is 0 Å². The highest BCUT2D eigenvalue weighted by atomic mass is 16.6. The van der Waals surface area contributed by atoms with Gasteiger partial charge in [0.05, 0.1) is 24.9 Å². The van der Waals surface area contributed by atoms with Crippen molar-refractivity contribution < 1.29 is 19.4 Å². The van der Waals surface area contributed by atoms with Gasteiger partial charge < -0.3 is 19.5 Å². The number of likely N-dealkylation sites (tertiary alicyclic amines) is 1. The summed E-state index contributed by atoms with van der Waals surface area (Å²) in [5.74, 6) is 0. The third-order valence-electron chi connectivity index (χ3n) is 3.24. The zero-order valence-corrected chi connectivity index (χ0v) is 12.7. The molecule has 1 N–H and O–H groups in total. The van der Waals surface area contributed by atoms with Gasteiger partial charge in [-0.1, -0.05) is 6.92 Å². The first kappa shape index (κ1) is 16.2. The Kier molecular flexibility index (Phi) is 5.21. The summed E-state index contributed by atoms with van der Waals surface area (Å²) in [5, 5.41) is 9.32. The van der Waals surface area contributed by atoms with E-state index in [0.717, 1.165) is 12.8 Å². The Balaban J connectivity index is 2.57. The standard InChI is InChI=1S/C14H27NO4/c1-6-14(18-9-11(2)16)7-8-15(10-14)12(17)19-13(3,4)5/h11,16H,6-10H2,1-5H3. The van der Waals surface area contributed by atoms with Gasteiger partial charge in [0.25, 0.3) is 0 Å². The van der Waals surface area contributed by atoms with Gasteiger partial charge in [-0.15, -0.1) is 0 Å². The Bertz CT molecular complexity index is 311. The van der Waals surface area contributed by atoms with Crippen molar-refractivity contribution in [2.75, 3.05) is 19.7 Å². The number of hydrogen-bond donors (Lipinski definition) is 1. The minimum atomic E-state index is -0.487. The van der Waals surface area contributed by atoms with E-state index in [9.17, 15) is 9.90 Å². The van der Waals surface area contributed by atoms with Gasteiger partial charge in [-0.3, -0.25) is 0 Å². The molecule has 5 nitrogen and oxygen atoms in total. The molecule has 2 atom stereocenters. The van der Waals surface area contributed by atoms with E-state index in [2.05, 4.69) is 0 Å². The quantitative estimate of drug-likeness (QED) is 0.853. The molecule has 19 heavy (non-hydrogen) atoms. The summed E-state index contributed by atoms with van der Waals surface area (Å²) in [6.45, 7) is 10.8. The zero-order chi connectivity index (χ0) is 14.7. The minimum absolute atomic E-state index is 0.288. The van der Waals surface area contributed by atoms with Crippen LogP contribution in [0.3, 0.4) is 0 Å². The number of nitrogens with zero attached hydrogens (tertiary/aromatic N) is 1. The van der Waals surface area contributed by atoms with Gasteiger partial charge in [0.15, 0.2) is 0 Å². The number of aliphatic hydroxyl groups is 1. The molecule has 1 aliphatic rings. The molecule has 1 rings (SSSR count). The molecule has 1 aliphatic heterocycles. The van der Waals surface area contributed by atoms with Crippen LogP contribution in [0, 0.1) is 0 Å². The summed E-state index contributed by atoms with van der Waals surface area (Å²) in [6.07, 6.45) is 0.830. The van der Waals surface area contributed by atoms with Gasteiger partial charge in [-0.2, -0.15) is 0 Å². The zero-order valence-electron chi connectivity index (χ0n) is 12.7. The van der Waals surface area contributed by atoms with Crippen molar-refractivity contribution in [3.63, 3.8) is 0 Å². The van der Waals surface area contributed by atoms with Crippen LogP contribution < -0.4 is 0 Å². The smallest absolute Gasteiger partial charge is 0.410 e. The molecule has 0 aromatic rings. The first-order valence-corrected chi connectivity index (χ1v) is 6.97. The van der Waals surface area contributed by atoms with Crippen LogP contribution in [-0.4, -0.2) is 53.1 Å². The van der Waals surface area contributed by atoms with Crippen LogP contribution in [0.15, 0.2) is 0 Å². The molecule has 2 unspecified atom stereocenters. The molecule has 0 radical (unpaired) electrons. The SMILES string of the molecule is CCC1(OCC(C)O)CCN(C(=O)OC(C)(C)C)C1. The second-order valence-corrected chi connectivity index (χ2v) is 6.35. The number of ether oxygens (including phenoxy) is 2. The lowest BCUT2D eigenvalue weighted by atomic mass is 10.00. The van der Waals surface area contributed by atoms with E-state index in [-0.39, 0.29) is 11.7 Å². The van der Waals surface area contributed by atoms with Gasteiger partial charge >= 0.3 is 6.09 Å². The largest absolute Gasteiger partial charge is 0.444 e. The minimum Gasteiger partial charge on any atom is -0.444 e. The summed E-state index contributed by atoms with van der Waals surface area (Å²) >= 11 is 0. The lowest BCUT2D eigenvalue weighted by Gasteiger charge is -2.30. The first-order valence-electron chi connectivity index (χ1n) is 6.97. The molecule has 0 bridgehead atoms. The third-order valence-corrected chi connectivity index (χ3v) is 3.24. The number of hydrogen-bond acceptors (Lipinski definition) is 4. The average Bonchev–Trinajstić information content (AvgIpc) is 2.69. The number of aliphatic hydroxyl groups excluding tert-OH is 1. The van der Waals surface area contributed by atoms with E-state index in [0.29, 0.717) is 19.7 Å². The summed E-state index contributed by atoms with van der Waals surface area (Å²) < 4.78 is 11.2. The fourth-order valence-corrected chi connectivity index (χ4v) is 2.13. The maximum absolute atomic E-state index is 12.0. The Hall–Kier alpha value is -0.810. The molecule has 1 saturated heterocycles. The summed E-state index contributed by atoms with van der Waals surface area (Å²) in [5.41, 5.74) is -0.817. The van der Waals surface area contributed by atoms with E-state index in [1.54, 1.807) is 11.8 Å². The molecule has 112 valence electrons. The summed E-state index contributed by atoms with van der Waals surface area (Å²) in [6, 6.07) is 0. The predicted octanol–water partition coefficient (Wildman–Crippen LogP) is 2.17. The van der Waals surface area contributed by atoms with Crippen LogP contribution in [0.4, 0.5) is 4.79 Å². The molecule has 0 spiro atoms. The summed E-state index contributed by atoms with van der Waals surface area (Å²) in [4.78, 5) is 13.7. The monoisotopic (exact) mass is 273 g/mol. The number of rotatable bonds is 4. The Morgan fingerprint density at radius 3 is 2.58 bits per heavy atom. The molecule has 1 heterocycles. The van der Waals surface area contributed by atoms with Crippen LogP contribution in [0.1, 0.15) is 47.5 Å². The van der Waals surface area contributed by atoms with Crippen molar-refractivity contribution >= 4 is 6.09 Å². The van der Waals surface area contributed by atoms with Crippen molar-refractivity contribution in [2.45, 2.75) is 64.8 Å². The molecule has 0 saturated carbocycles. The van der Waals surface area contributed by atoms with Crippen LogP contribution in [0.25, 0.3) is 0 Å². The van der Waals surface area contributed by atoms with Crippen molar-refractivity contribution in [1.82, 2.24) is 4.90 Å². The fraction of sp³-hybridized carbons (Fsp3) is 0.929. The molecule has 0 aromatic carbocycles. The van der Waals surface area contributed by atoms with E-state index >= 15 is 0 Å². The molecule has 1 fully saturated rings. The van der Waals surface area contributed by atoms with Gasteiger partial charge in [-0.25, -0.2) is 4.79 Å². The van der Waals surface area contributed by atoms with Crippen molar-refractivity contribution in [2.24, 2.45) is 0 Å². The third kappa shape index (κ3) is 4.99. The maximum Gasteiger partial charge on any atom is 0.410 e. The van der Waals surface area contributed by atoms with Gasteiger partial charge in [0.2, 0.25) is 0 Å². The number of carbonyl (C=O) groups is 1. The van der Waals surface area contributed by atoms with Crippen LogP contribution in [-0.2, 0) is 9.47 Å². The van der Waals surface area contributed by atoms with E-state index in [4.69, 9.17) is 9.47 Å². The Morgan fingerprint density at radius 1 is 1.47 bits per heavy atom. The van der Waals surface area contributed by atoms with Crippen LogP contribution in [0.5, 0.6) is 0 Å². The van der Waals surface area contributed by atoms with Gasteiger partial charge in [-0.05, 0) is 40.5 Å². The molecule has 0 aromatic heterocycles. The molecule has 5 heteroatoms. The normalized spacial score (nSPS) is 25.5. The van der Waals surface area contributed by atoms with Gasteiger partial charge in [0, 0.05) is 6.54 Å². The van der Waals surface area contributed by atoms with Crippen molar-refractivity contribution in [3.8, 4) is 0 Å². The number of carbonyl (C=O) groups excluding carboxylic acids is 1. The summed E-state index contributed by atoms with van der Waals surface area (Å²) in [7, 11) is 0. The molecular weight excluding hydrogens is 246 g/mol. The second-order valence-electron chi connectivity index (χ2n) is 6.35. The Labute approximate surface area is 115 Å².